The maximum atomic E-state index is 12.9. The standard InChI is InChI=1S/C20H22F3N3O2/c1-3-18(27)26-13(2)16-8-9-19(11-25-16,28-12-20(21,22)23)15-10-24-17-7-5-4-6-14(15)17/h4-8,10-11,13,24H,3,9,12H2,1-2H3,(H,26,27)/t13-,19?/m1/s1. The number of hydrogen-bond acceptors (Lipinski definition) is 3. The Morgan fingerprint density at radius 2 is 2.14 bits per heavy atom. The van der Waals surface area contributed by atoms with Crippen molar-refractivity contribution in [1.29, 1.82) is 0 Å². The van der Waals surface area contributed by atoms with Gasteiger partial charge in [-0.05, 0) is 13.0 Å². The topological polar surface area (TPSA) is 66.5 Å². The summed E-state index contributed by atoms with van der Waals surface area (Å²) in [5, 5.41) is 3.58. The van der Waals surface area contributed by atoms with Gasteiger partial charge < -0.3 is 15.0 Å². The second-order valence-electron chi connectivity index (χ2n) is 6.78. The van der Waals surface area contributed by atoms with E-state index < -0.39 is 18.4 Å². The van der Waals surface area contributed by atoms with Gasteiger partial charge in [0.05, 0.1) is 11.7 Å². The number of carbonyl (C=O) groups is 1. The van der Waals surface area contributed by atoms with Crippen molar-refractivity contribution in [2.24, 2.45) is 4.99 Å². The zero-order valence-electron chi connectivity index (χ0n) is 15.6. The van der Waals surface area contributed by atoms with Crippen molar-refractivity contribution in [3.63, 3.8) is 0 Å². The Bertz CT molecular complexity index is 917. The van der Waals surface area contributed by atoms with E-state index in [1.807, 2.05) is 24.3 Å². The molecule has 8 heteroatoms. The number of alkyl halides is 3. The van der Waals surface area contributed by atoms with Crippen LogP contribution in [-0.4, -0.2) is 35.9 Å². The number of amides is 1. The Balaban J connectivity index is 1.92. The molecule has 1 aliphatic rings. The van der Waals surface area contributed by atoms with Crippen LogP contribution >= 0.6 is 0 Å². The van der Waals surface area contributed by atoms with Crippen molar-refractivity contribution in [3.05, 3.63) is 47.8 Å². The van der Waals surface area contributed by atoms with Crippen LogP contribution in [-0.2, 0) is 15.1 Å². The number of nitrogens with one attached hydrogen (secondary N) is 2. The summed E-state index contributed by atoms with van der Waals surface area (Å²) in [7, 11) is 0. The molecule has 0 radical (unpaired) electrons. The molecule has 1 aromatic carbocycles. The molecule has 2 aromatic rings. The van der Waals surface area contributed by atoms with Crippen LogP contribution in [0.5, 0.6) is 0 Å². The molecule has 0 saturated carbocycles. The summed E-state index contributed by atoms with van der Waals surface area (Å²) in [6.07, 6.45) is 0.857. The SMILES string of the molecule is CCC(=O)N[C@H](C)C1=CCC(OCC(F)(F)F)(c2c[nH]c3ccccc23)C=N1. The Morgan fingerprint density at radius 1 is 1.39 bits per heavy atom. The van der Waals surface area contributed by atoms with Gasteiger partial charge in [-0.25, -0.2) is 0 Å². The van der Waals surface area contributed by atoms with Crippen molar-refractivity contribution in [3.8, 4) is 0 Å². The van der Waals surface area contributed by atoms with Crippen LogP contribution in [0.25, 0.3) is 10.9 Å². The lowest BCUT2D eigenvalue weighted by molar-refractivity contribution is -0.194. The van der Waals surface area contributed by atoms with Gasteiger partial charge in [-0.1, -0.05) is 31.2 Å². The lowest BCUT2D eigenvalue weighted by Gasteiger charge is -2.33. The van der Waals surface area contributed by atoms with Gasteiger partial charge in [0.25, 0.3) is 0 Å². The maximum absolute atomic E-state index is 12.9. The molecule has 150 valence electrons. The number of aromatic nitrogens is 1. The third-order valence-electron chi connectivity index (χ3n) is 4.72. The molecule has 0 spiro atoms. The minimum Gasteiger partial charge on any atom is -0.361 e. The maximum Gasteiger partial charge on any atom is 0.411 e. The monoisotopic (exact) mass is 393 g/mol. The molecule has 0 fully saturated rings. The molecule has 1 unspecified atom stereocenters. The normalized spacial score (nSPS) is 20.8. The van der Waals surface area contributed by atoms with Gasteiger partial charge in [0, 0.05) is 41.7 Å². The quantitative estimate of drug-likeness (QED) is 0.772. The zero-order chi connectivity index (χ0) is 20.4. The fourth-order valence-corrected chi connectivity index (χ4v) is 3.23. The first kappa shape index (κ1) is 20.1. The molecule has 2 heterocycles. The first-order chi connectivity index (χ1) is 13.2. The molecule has 0 saturated heterocycles. The number of H-pyrrole nitrogens is 1. The van der Waals surface area contributed by atoms with Crippen molar-refractivity contribution in [1.82, 2.24) is 10.3 Å². The Kier molecular flexibility index (Phi) is 5.60. The van der Waals surface area contributed by atoms with Crippen LogP contribution in [0.3, 0.4) is 0 Å². The number of hydrogen-bond donors (Lipinski definition) is 2. The molecule has 1 aromatic heterocycles. The Morgan fingerprint density at radius 3 is 2.79 bits per heavy atom. The van der Waals surface area contributed by atoms with Crippen LogP contribution in [0.2, 0.25) is 0 Å². The van der Waals surface area contributed by atoms with E-state index in [2.05, 4.69) is 15.3 Å². The van der Waals surface area contributed by atoms with E-state index in [0.29, 0.717) is 17.7 Å². The van der Waals surface area contributed by atoms with Gasteiger partial charge in [0.2, 0.25) is 5.91 Å². The van der Waals surface area contributed by atoms with E-state index in [0.717, 1.165) is 10.9 Å². The molecule has 0 aliphatic carbocycles. The number of nitrogens with zero attached hydrogens (tertiary/aromatic N) is 1. The fraction of sp³-hybridized carbons (Fsp3) is 0.400. The highest BCUT2D eigenvalue weighted by atomic mass is 19.4. The average Bonchev–Trinajstić information content (AvgIpc) is 3.11. The molecular formula is C20H22F3N3O2. The van der Waals surface area contributed by atoms with Gasteiger partial charge in [-0.2, -0.15) is 13.2 Å². The number of aliphatic imine (C=N–C) groups is 1. The van der Waals surface area contributed by atoms with Crippen LogP contribution < -0.4 is 5.32 Å². The number of benzene rings is 1. The first-order valence-corrected chi connectivity index (χ1v) is 9.06. The molecule has 1 amide bonds. The van der Waals surface area contributed by atoms with Gasteiger partial charge >= 0.3 is 6.18 Å². The summed E-state index contributed by atoms with van der Waals surface area (Å²) >= 11 is 0. The number of ether oxygens (including phenoxy) is 1. The summed E-state index contributed by atoms with van der Waals surface area (Å²) in [5.74, 6) is -0.120. The van der Waals surface area contributed by atoms with Gasteiger partial charge in [-0.15, -0.1) is 0 Å². The molecule has 2 N–H and O–H groups in total. The molecule has 3 rings (SSSR count). The van der Waals surface area contributed by atoms with E-state index >= 15 is 0 Å². The van der Waals surface area contributed by atoms with Crippen molar-refractivity contribution in [2.45, 2.75) is 44.5 Å². The summed E-state index contributed by atoms with van der Waals surface area (Å²) in [6.45, 7) is 2.14. The minimum absolute atomic E-state index is 0.120. The zero-order valence-corrected chi connectivity index (χ0v) is 15.6. The molecular weight excluding hydrogens is 371 g/mol. The highest BCUT2D eigenvalue weighted by Crippen LogP contribution is 2.38. The van der Waals surface area contributed by atoms with Crippen LogP contribution in [0.15, 0.2) is 47.2 Å². The van der Waals surface area contributed by atoms with Gasteiger partial charge in [0.15, 0.2) is 0 Å². The number of aromatic amines is 1. The van der Waals surface area contributed by atoms with Crippen molar-refractivity contribution < 1.29 is 22.7 Å². The van der Waals surface area contributed by atoms with E-state index in [-0.39, 0.29) is 18.4 Å². The number of carbonyl (C=O) groups excluding carboxylic acids is 1. The summed E-state index contributed by atoms with van der Waals surface area (Å²) in [5.41, 5.74) is 0.649. The summed E-state index contributed by atoms with van der Waals surface area (Å²) in [6, 6.07) is 7.00. The minimum atomic E-state index is -4.46. The second kappa shape index (κ2) is 7.79. The Hall–Kier alpha value is -2.61. The second-order valence-corrected chi connectivity index (χ2v) is 6.78. The largest absolute Gasteiger partial charge is 0.411 e. The lowest BCUT2D eigenvalue weighted by Crippen LogP contribution is -2.39. The van der Waals surface area contributed by atoms with Crippen LogP contribution in [0, 0.1) is 0 Å². The van der Waals surface area contributed by atoms with Crippen LogP contribution in [0.1, 0.15) is 32.3 Å². The summed E-state index contributed by atoms with van der Waals surface area (Å²) < 4.78 is 44.0. The highest BCUT2D eigenvalue weighted by molar-refractivity contribution is 5.89. The van der Waals surface area contributed by atoms with Crippen molar-refractivity contribution in [2.75, 3.05) is 6.61 Å². The fourth-order valence-electron chi connectivity index (χ4n) is 3.23. The molecule has 28 heavy (non-hydrogen) atoms. The number of rotatable bonds is 6. The van der Waals surface area contributed by atoms with E-state index in [4.69, 9.17) is 4.74 Å². The highest BCUT2D eigenvalue weighted by Gasteiger charge is 2.40. The molecule has 2 atom stereocenters. The molecule has 5 nitrogen and oxygen atoms in total. The van der Waals surface area contributed by atoms with Crippen LogP contribution in [0.4, 0.5) is 13.2 Å². The van der Waals surface area contributed by atoms with E-state index in [1.54, 1.807) is 26.1 Å². The lowest BCUT2D eigenvalue weighted by atomic mass is 9.88. The third-order valence-corrected chi connectivity index (χ3v) is 4.72. The van der Waals surface area contributed by atoms with E-state index in [1.165, 1.54) is 6.21 Å². The third kappa shape index (κ3) is 4.27. The van der Waals surface area contributed by atoms with E-state index in [9.17, 15) is 18.0 Å². The van der Waals surface area contributed by atoms with Gasteiger partial charge in [0.1, 0.15) is 12.2 Å². The van der Waals surface area contributed by atoms with Gasteiger partial charge in [-0.3, -0.25) is 9.79 Å². The molecule has 0 bridgehead atoms. The first-order valence-electron chi connectivity index (χ1n) is 9.06. The molecule has 1 aliphatic heterocycles. The number of para-hydroxylation sites is 1. The average molecular weight is 393 g/mol. The predicted octanol–water partition coefficient (Wildman–Crippen LogP) is 4.22. The number of halogens is 3. The summed E-state index contributed by atoms with van der Waals surface area (Å²) in [4.78, 5) is 19.0. The Labute approximate surface area is 160 Å². The van der Waals surface area contributed by atoms with Crippen molar-refractivity contribution >= 4 is 23.0 Å². The predicted molar refractivity (Wildman–Crippen MR) is 101 cm³/mol. The number of fused-ring (bicyclic) bond motifs is 1. The smallest absolute Gasteiger partial charge is 0.361 e.